The Labute approximate surface area is 713 Å². The van der Waals surface area contributed by atoms with Crippen molar-refractivity contribution in [1.82, 2.24) is 15.5 Å². The number of carboxylic acid groups (broad SMARTS) is 3. The van der Waals surface area contributed by atoms with Gasteiger partial charge in [-0.15, -0.1) is 0 Å². The van der Waals surface area contributed by atoms with Crippen LogP contribution < -0.4 is 26.2 Å². The molecule has 3 heterocycles. The smallest absolute Gasteiger partial charge is 0.362 e. The monoisotopic (exact) mass is 1690 g/mol. The number of nitrogens with two attached hydrogens (primary N) is 1. The number of benzene rings is 2. The second kappa shape index (κ2) is 48.1. The van der Waals surface area contributed by atoms with E-state index in [0.29, 0.717) is 36.3 Å². The number of imide groups is 1. The quantitative estimate of drug-likeness (QED) is 0.00583. The number of amides is 4. The van der Waals surface area contributed by atoms with Crippen molar-refractivity contribution in [2.45, 2.75) is 211 Å². The van der Waals surface area contributed by atoms with Gasteiger partial charge in [0.25, 0.3) is 5.91 Å². The summed E-state index contributed by atoms with van der Waals surface area (Å²) in [5.74, 6) is -25.3. The van der Waals surface area contributed by atoms with E-state index < -0.39 is 176 Å². The van der Waals surface area contributed by atoms with Gasteiger partial charge >= 0.3 is 53.7 Å². The predicted molar refractivity (Wildman–Crippen MR) is 458 cm³/mol. The molecule has 0 saturated carbocycles. The van der Waals surface area contributed by atoms with Crippen LogP contribution in [0.25, 0.3) is 0 Å². The summed E-state index contributed by atoms with van der Waals surface area (Å²) in [6.45, 7) is 44.4. The molecule has 120 heavy (non-hydrogen) atoms. The molecule has 0 aromatic heterocycles. The van der Waals surface area contributed by atoms with Crippen LogP contribution in [-0.2, 0) is 76.5 Å². The molecule has 0 bridgehead atoms. The standard InChI is InChI=1S/C63H98N4O17.C12H17NO2.C10H15O3.C4H11N.C2H6O/c1-20-59(8,9)46(57(80)83-27-26-64-48(68)37-22-24-38(25-23-37)66(18)19)41(53(74)75)31-62(14,15)45-39(50(70)67(51(45)71)33-35(5)6)28-61(12,13)44(49(69)65-32-34(3)4)40(52(72)73)29-63(16,17)47(56(79)82-21-2)42(54(76)77)30-60(10,11)43-36(7)55(78)84-58(43)81;1-13(2)11-7-5-10(6-8-11)12(15)4-3-9-14;1-5-10(3,4)7-6(2)8(11)13-9(7)12;1-4(2)3-5;1-2-3/h22-25,34-36,39-47H,20-21,26-33H2,1-19H3,(H,64,68)(H,65,69)(H,72,73)(H,74,75)(H,76,77);5-8,14H,3-4,9H2,1-2H3;6-7H,2,5H2,1,3-4H3;4H,3,5H2,1-2H3;3H,2H2,1H3/q;;+1;;. The van der Waals surface area contributed by atoms with Gasteiger partial charge < -0.3 is 70.6 Å². The molecular formula is C91H147N6O23+. The first-order valence-corrected chi connectivity index (χ1v) is 42.0. The van der Waals surface area contributed by atoms with Crippen LogP contribution in [0.2, 0.25) is 0 Å². The van der Waals surface area contributed by atoms with Crippen LogP contribution in [-0.4, -0.2) is 194 Å². The average Bonchev–Trinajstić information content (AvgIpc) is 1.54. The number of ether oxygens (including phenoxy) is 4. The van der Waals surface area contributed by atoms with Gasteiger partial charge in [0.05, 0.1) is 79.3 Å². The number of aliphatic carboxylic acids is 3. The van der Waals surface area contributed by atoms with E-state index in [1.165, 1.54) is 27.7 Å². The number of aliphatic hydroxyl groups excluding tert-OH is 2. The molecule has 3 aliphatic heterocycles. The summed E-state index contributed by atoms with van der Waals surface area (Å²) in [6.07, 6.45) is 0.627. The summed E-state index contributed by atoms with van der Waals surface area (Å²) in [6, 6.07) is 14.4. The van der Waals surface area contributed by atoms with Crippen LogP contribution in [0.15, 0.2) is 48.5 Å². The molecule has 2 aromatic carbocycles. The fourth-order valence-corrected chi connectivity index (χ4v) is 16.2. The third-order valence-electron chi connectivity index (χ3n) is 23.3. The molecule has 2 aromatic rings. The molecule has 5 rings (SSSR count). The summed E-state index contributed by atoms with van der Waals surface area (Å²) in [4.78, 5) is 193. The summed E-state index contributed by atoms with van der Waals surface area (Å²) in [5.41, 5.74) is 1.23. The number of rotatable bonds is 41. The minimum absolute atomic E-state index is 0.0164. The summed E-state index contributed by atoms with van der Waals surface area (Å²) < 4.78 is 20.7. The van der Waals surface area contributed by atoms with Crippen LogP contribution in [0.4, 0.5) is 11.4 Å². The van der Waals surface area contributed by atoms with Gasteiger partial charge in [-0.3, -0.25) is 67.2 Å². The van der Waals surface area contributed by atoms with Crippen LogP contribution in [0.5, 0.6) is 0 Å². The number of ketones is 1. The molecule has 0 spiro atoms. The Balaban J connectivity index is 0.00000162. The van der Waals surface area contributed by atoms with Crippen molar-refractivity contribution >= 4 is 94.5 Å². The van der Waals surface area contributed by atoms with E-state index in [2.05, 4.69) is 36.1 Å². The molecule has 29 nitrogen and oxygen atoms in total. The molecular weight excluding hydrogens is 1550 g/mol. The molecule has 29 heteroatoms. The van der Waals surface area contributed by atoms with E-state index >= 15 is 9.59 Å². The Hall–Kier alpha value is -8.83. The van der Waals surface area contributed by atoms with Gasteiger partial charge in [0.2, 0.25) is 23.6 Å². The van der Waals surface area contributed by atoms with E-state index in [0.717, 1.165) is 29.2 Å². The fraction of sp³-hybridized carbons (Fsp3) is 0.703. The van der Waals surface area contributed by atoms with Crippen LogP contribution in [0.3, 0.4) is 0 Å². The number of Topliss-reactive ketones (excluding diaryl/α,β-unsaturated/α-hetero) is 1. The Kier molecular flexibility index (Phi) is 43.8. The van der Waals surface area contributed by atoms with Gasteiger partial charge in [-0.05, 0) is 158 Å². The largest absolute Gasteiger partial charge is 0.481 e. The van der Waals surface area contributed by atoms with Gasteiger partial charge in [0.15, 0.2) is 5.78 Å². The SMILES string of the molecule is CC(C)CN.CCO.CCOC(=O)C(C(CC(C)(C)C1C(=O)OC(=O)C1C)C(=O)O)C(C)(C)CC(C(=O)O)C(C(=O)NCC(C)C)C(C)(C)CC1C(=O)N(CC(C)C)C(=O)C1C(C)(C)CC(C(=O)O)C(C(=O)OCCNC(=O)c1ccc(N(C)C)cc1)C(C)(C)CC.CN(C)c1ccc(C(=O)CCCO)cc1.[CH2+]C1C(=O)OC(=O)C1C(C)(C)CC. The molecule has 12 atom stereocenters. The third kappa shape index (κ3) is 31.3. The van der Waals surface area contributed by atoms with E-state index in [-0.39, 0.29) is 94.3 Å². The molecule has 678 valence electrons. The Morgan fingerprint density at radius 2 is 0.975 bits per heavy atom. The number of aliphatic hydroxyl groups is 2. The number of carboxylic acids is 3. The highest BCUT2D eigenvalue weighted by atomic mass is 16.6. The van der Waals surface area contributed by atoms with Crippen molar-refractivity contribution < 1.29 is 112 Å². The van der Waals surface area contributed by atoms with Crippen LogP contribution >= 0.6 is 0 Å². The summed E-state index contributed by atoms with van der Waals surface area (Å²) in [7, 11) is 7.66. The Morgan fingerprint density at radius 1 is 0.542 bits per heavy atom. The predicted octanol–water partition coefficient (Wildman–Crippen LogP) is 11.9. The van der Waals surface area contributed by atoms with Crippen molar-refractivity contribution in [3.63, 3.8) is 0 Å². The molecule has 3 saturated heterocycles. The van der Waals surface area contributed by atoms with Crippen molar-refractivity contribution in [3.8, 4) is 0 Å². The Bertz CT molecular complexity index is 3750. The van der Waals surface area contributed by atoms with E-state index in [1.807, 2.05) is 111 Å². The van der Waals surface area contributed by atoms with Crippen LogP contribution in [0, 0.1) is 128 Å². The molecule has 3 aliphatic rings. The molecule has 12 unspecified atom stereocenters. The number of hydrogen-bond acceptors (Lipinski definition) is 23. The lowest BCUT2D eigenvalue weighted by molar-refractivity contribution is -0.168. The van der Waals surface area contributed by atoms with Gasteiger partial charge in [-0.2, -0.15) is 0 Å². The number of esters is 6. The van der Waals surface area contributed by atoms with Crippen molar-refractivity contribution in [3.05, 3.63) is 66.6 Å². The lowest BCUT2D eigenvalue weighted by Gasteiger charge is -2.45. The average molecular weight is 1690 g/mol. The molecule has 0 radical (unpaired) electrons. The zero-order valence-electron chi connectivity index (χ0n) is 76.8. The first kappa shape index (κ1) is 109. The van der Waals surface area contributed by atoms with Gasteiger partial charge in [0.1, 0.15) is 12.5 Å². The Morgan fingerprint density at radius 3 is 1.36 bits per heavy atom. The number of hydrogen-bond donors (Lipinski definition) is 8. The second-order valence-corrected chi connectivity index (χ2v) is 37.7. The number of carbonyl (C=O) groups is 14. The normalized spacial score (nSPS) is 19.1. The molecule has 9 N–H and O–H groups in total. The molecule has 0 aliphatic carbocycles. The topological polar surface area (TPSA) is 437 Å². The van der Waals surface area contributed by atoms with E-state index in [9.17, 15) is 72.9 Å². The molecule has 4 amide bonds. The zero-order valence-corrected chi connectivity index (χ0v) is 76.8. The van der Waals surface area contributed by atoms with Crippen molar-refractivity contribution in [2.75, 3.05) is 90.6 Å². The van der Waals surface area contributed by atoms with E-state index in [4.69, 9.17) is 30.2 Å². The van der Waals surface area contributed by atoms with E-state index in [1.54, 1.807) is 93.5 Å². The number of anilines is 2. The van der Waals surface area contributed by atoms with Crippen LogP contribution in [0.1, 0.15) is 231 Å². The van der Waals surface area contributed by atoms with Crippen molar-refractivity contribution in [1.29, 1.82) is 0 Å². The van der Waals surface area contributed by atoms with Gasteiger partial charge in [-0.1, -0.05) is 152 Å². The zero-order chi connectivity index (χ0) is 93.0. The highest BCUT2D eigenvalue weighted by Crippen LogP contribution is 2.55. The highest BCUT2D eigenvalue weighted by molar-refractivity contribution is 6.06. The third-order valence-corrected chi connectivity index (χ3v) is 23.3. The highest BCUT2D eigenvalue weighted by Gasteiger charge is 2.61. The second-order valence-electron chi connectivity index (χ2n) is 37.7. The maximum atomic E-state index is 15.1. The lowest BCUT2D eigenvalue weighted by atomic mass is 9.57. The number of likely N-dealkylation sites (tertiary alicyclic amines) is 1. The maximum absolute atomic E-state index is 15.1. The number of nitrogens with one attached hydrogen (secondary N) is 2. The molecule has 3 fully saturated rings. The summed E-state index contributed by atoms with van der Waals surface area (Å²) in [5, 5.41) is 55.3. The number of carbonyl (C=O) groups excluding carboxylic acids is 11. The van der Waals surface area contributed by atoms with Crippen molar-refractivity contribution in [2.24, 2.45) is 127 Å². The number of nitrogens with zero attached hydrogens (tertiary/aromatic N) is 3. The minimum atomic E-state index is -1.70. The lowest BCUT2D eigenvalue weighted by Crippen LogP contribution is -2.51. The first-order valence-electron chi connectivity index (χ1n) is 42.0. The summed E-state index contributed by atoms with van der Waals surface area (Å²) >= 11 is 0. The minimum Gasteiger partial charge on any atom is -0.481 e. The number of cyclic esters (lactones) is 4. The van der Waals surface area contributed by atoms with Gasteiger partial charge in [0, 0.05) is 83.4 Å². The maximum Gasteiger partial charge on any atom is 0.362 e. The van der Waals surface area contributed by atoms with Gasteiger partial charge in [-0.25, -0.2) is 4.79 Å². The first-order chi connectivity index (χ1) is 55.3. The fourth-order valence-electron chi connectivity index (χ4n) is 16.2.